The molecule has 2 aromatic carbocycles. The molecule has 0 bridgehead atoms. The predicted molar refractivity (Wildman–Crippen MR) is 142 cm³/mol. The Morgan fingerprint density at radius 1 is 0.892 bits per heavy atom. The van der Waals surface area contributed by atoms with Gasteiger partial charge >= 0.3 is 11.9 Å². The summed E-state index contributed by atoms with van der Waals surface area (Å²) >= 11 is 0. The van der Waals surface area contributed by atoms with Crippen molar-refractivity contribution in [1.29, 1.82) is 0 Å². The summed E-state index contributed by atoms with van der Waals surface area (Å²) in [7, 11) is 1.97. The lowest BCUT2D eigenvalue weighted by molar-refractivity contribution is 0.0686. The molecule has 1 aromatic heterocycles. The number of aromatic carboxylic acids is 2. The van der Waals surface area contributed by atoms with Crippen molar-refractivity contribution in [2.24, 2.45) is 0 Å². The lowest BCUT2D eigenvalue weighted by atomic mass is 10.2. The fourth-order valence-electron chi connectivity index (χ4n) is 2.60. The molecule has 9 nitrogen and oxygen atoms in total. The summed E-state index contributed by atoms with van der Waals surface area (Å²) in [4.78, 5) is 24.6. The Hall–Kier alpha value is -4.37. The van der Waals surface area contributed by atoms with E-state index in [4.69, 9.17) is 25.2 Å². The summed E-state index contributed by atoms with van der Waals surface area (Å²) in [5.41, 5.74) is 1.43. The second-order valence-electron chi connectivity index (χ2n) is 8.15. The summed E-state index contributed by atoms with van der Waals surface area (Å²) in [6, 6.07) is 13.2. The third-order valence-corrected chi connectivity index (χ3v) is 4.63. The van der Waals surface area contributed by atoms with Crippen molar-refractivity contribution >= 4 is 18.0 Å². The minimum Gasteiger partial charge on any atom is -0.508 e. The number of pyridine rings is 1. The highest BCUT2D eigenvalue weighted by Crippen LogP contribution is 2.14. The van der Waals surface area contributed by atoms with Gasteiger partial charge in [-0.25, -0.2) is 9.59 Å². The molecule has 37 heavy (non-hydrogen) atoms. The van der Waals surface area contributed by atoms with Gasteiger partial charge in [-0.15, -0.1) is 0 Å². The summed E-state index contributed by atoms with van der Waals surface area (Å²) in [5.74, 6) is -1.00. The number of hydrogen-bond donors (Lipinski definition) is 5. The number of carbonyl (C=O) groups is 2. The fourth-order valence-corrected chi connectivity index (χ4v) is 2.60. The van der Waals surface area contributed by atoms with Gasteiger partial charge in [0.05, 0.1) is 23.4 Å². The molecule has 3 rings (SSSR count). The topological polar surface area (TPSA) is 149 Å². The molecule has 0 fully saturated rings. The summed E-state index contributed by atoms with van der Waals surface area (Å²) in [5, 5.41) is 37.5. The lowest BCUT2D eigenvalue weighted by Crippen LogP contribution is -2.19. The van der Waals surface area contributed by atoms with E-state index < -0.39 is 11.9 Å². The second-order valence-corrected chi connectivity index (χ2v) is 8.15. The van der Waals surface area contributed by atoms with Crippen LogP contribution >= 0.6 is 0 Å². The number of hydrogen-bond acceptors (Lipinski definition) is 7. The third kappa shape index (κ3) is 13.3. The van der Waals surface area contributed by atoms with E-state index in [-0.39, 0.29) is 28.7 Å². The van der Waals surface area contributed by atoms with Gasteiger partial charge in [-0.2, -0.15) is 0 Å². The maximum Gasteiger partial charge on any atom is 0.335 e. The van der Waals surface area contributed by atoms with E-state index in [0.29, 0.717) is 6.04 Å². The monoisotopic (exact) mass is 510 g/mol. The van der Waals surface area contributed by atoms with Crippen LogP contribution in [0.5, 0.6) is 17.2 Å². The zero-order valence-corrected chi connectivity index (χ0v) is 21.3. The highest BCUT2D eigenvalue weighted by Gasteiger charge is 2.01. The van der Waals surface area contributed by atoms with Crippen molar-refractivity contribution in [3.8, 4) is 17.2 Å². The number of phenols is 2. The number of nitrogens with one attached hydrogen (secondary N) is 1. The Morgan fingerprint density at radius 3 is 1.78 bits per heavy atom. The van der Waals surface area contributed by atoms with Crippen LogP contribution in [0.4, 0.5) is 0 Å². The van der Waals surface area contributed by atoms with Crippen LogP contribution in [-0.2, 0) is 0 Å². The molecule has 9 heteroatoms. The molecule has 0 aliphatic rings. The Kier molecular flexibility index (Phi) is 13.5. The van der Waals surface area contributed by atoms with E-state index in [1.165, 1.54) is 48.5 Å². The van der Waals surface area contributed by atoms with E-state index in [1.54, 1.807) is 6.20 Å². The van der Waals surface area contributed by atoms with Crippen LogP contribution in [0.1, 0.15) is 53.5 Å². The minimum absolute atomic E-state index is 0.0741. The number of carboxylic acids is 2. The van der Waals surface area contributed by atoms with Gasteiger partial charge in [0.1, 0.15) is 17.2 Å². The van der Waals surface area contributed by atoms with Gasteiger partial charge in [0, 0.05) is 12.2 Å². The third-order valence-electron chi connectivity index (χ3n) is 4.63. The van der Waals surface area contributed by atoms with Crippen LogP contribution in [0.25, 0.3) is 6.08 Å². The molecular formula is C28H34N2O7. The highest BCUT2D eigenvalue weighted by molar-refractivity contribution is 5.88. The molecular weight excluding hydrogens is 476 g/mol. The largest absolute Gasteiger partial charge is 0.508 e. The molecule has 0 spiro atoms. The standard InChI is InChI=1S/C14H22N2O.2C7H6O3/c1-11(2)17-14-8-13(9-16-10-14)7-5-6-12(3)15-4;2*8-6-3-1-5(2-4-6)7(9)10/h5,7-12,15H,6H2,1-4H3;2*1-4,8H,(H,9,10)/t12-;;/m0../s1. The summed E-state index contributed by atoms with van der Waals surface area (Å²) in [6.07, 6.45) is 9.00. The maximum absolute atomic E-state index is 10.2. The van der Waals surface area contributed by atoms with Crippen molar-refractivity contribution in [3.63, 3.8) is 0 Å². The van der Waals surface area contributed by atoms with E-state index >= 15 is 0 Å². The molecule has 0 saturated carbocycles. The number of carboxylic acid groups (broad SMARTS) is 2. The van der Waals surface area contributed by atoms with Crippen molar-refractivity contribution < 1.29 is 34.8 Å². The minimum atomic E-state index is -0.986. The SMILES string of the molecule is CN[C@@H](C)CC=Cc1cncc(OC(C)C)c1.O=C(O)c1ccc(O)cc1.O=C(O)c1ccc(O)cc1. The van der Waals surface area contributed by atoms with Gasteiger partial charge in [-0.05, 0) is 94.4 Å². The van der Waals surface area contributed by atoms with E-state index in [9.17, 15) is 9.59 Å². The molecule has 3 aromatic rings. The number of phenolic OH excluding ortho intramolecular Hbond substituents is 2. The second kappa shape index (κ2) is 16.3. The average Bonchev–Trinajstić information content (AvgIpc) is 2.85. The van der Waals surface area contributed by atoms with Crippen molar-refractivity contribution in [3.05, 3.63) is 89.8 Å². The number of ether oxygens (including phenoxy) is 1. The van der Waals surface area contributed by atoms with Gasteiger partial charge in [0.15, 0.2) is 0 Å². The average molecular weight is 511 g/mol. The normalized spacial score (nSPS) is 11.1. The van der Waals surface area contributed by atoms with Crippen LogP contribution in [0.2, 0.25) is 0 Å². The Bertz CT molecular complexity index is 1070. The Balaban J connectivity index is 0.000000294. The van der Waals surface area contributed by atoms with Gasteiger partial charge in [-0.3, -0.25) is 4.98 Å². The van der Waals surface area contributed by atoms with E-state index in [1.807, 2.05) is 33.2 Å². The Labute approximate surface area is 216 Å². The summed E-state index contributed by atoms with van der Waals surface area (Å²) in [6.45, 7) is 6.18. The Morgan fingerprint density at radius 2 is 1.38 bits per heavy atom. The van der Waals surface area contributed by atoms with Crippen LogP contribution in [-0.4, -0.2) is 56.5 Å². The van der Waals surface area contributed by atoms with Crippen LogP contribution < -0.4 is 10.1 Å². The van der Waals surface area contributed by atoms with Crippen LogP contribution in [0, 0.1) is 0 Å². The zero-order chi connectivity index (χ0) is 27.8. The van der Waals surface area contributed by atoms with Crippen LogP contribution in [0.3, 0.4) is 0 Å². The van der Waals surface area contributed by atoms with Crippen molar-refractivity contribution in [2.75, 3.05) is 7.05 Å². The molecule has 5 N–H and O–H groups in total. The number of benzene rings is 2. The number of aromatic nitrogens is 1. The molecule has 0 amide bonds. The van der Waals surface area contributed by atoms with Crippen LogP contribution in [0.15, 0.2) is 73.1 Å². The number of nitrogens with zero attached hydrogens (tertiary/aromatic N) is 1. The van der Waals surface area contributed by atoms with E-state index in [0.717, 1.165) is 17.7 Å². The first-order chi connectivity index (χ1) is 17.5. The first-order valence-corrected chi connectivity index (χ1v) is 11.5. The van der Waals surface area contributed by atoms with Crippen molar-refractivity contribution in [2.45, 2.75) is 39.3 Å². The maximum atomic E-state index is 10.2. The first kappa shape index (κ1) is 30.7. The molecule has 0 aliphatic carbocycles. The zero-order valence-electron chi connectivity index (χ0n) is 21.3. The molecule has 0 saturated heterocycles. The number of rotatable bonds is 8. The molecule has 0 aliphatic heterocycles. The van der Waals surface area contributed by atoms with Gasteiger partial charge in [-0.1, -0.05) is 12.2 Å². The predicted octanol–water partition coefficient (Wildman–Crippen LogP) is 5.06. The molecule has 0 radical (unpaired) electrons. The number of aromatic hydroxyl groups is 2. The van der Waals surface area contributed by atoms with Crippen molar-refractivity contribution in [1.82, 2.24) is 10.3 Å². The van der Waals surface area contributed by atoms with Gasteiger partial charge in [0.25, 0.3) is 0 Å². The first-order valence-electron chi connectivity index (χ1n) is 11.5. The van der Waals surface area contributed by atoms with E-state index in [2.05, 4.69) is 29.4 Å². The quantitative estimate of drug-likeness (QED) is 0.280. The molecule has 198 valence electrons. The van der Waals surface area contributed by atoms with Gasteiger partial charge in [0.2, 0.25) is 0 Å². The highest BCUT2D eigenvalue weighted by atomic mass is 16.5. The molecule has 0 unspecified atom stereocenters. The molecule has 1 atom stereocenters. The fraction of sp³-hybridized carbons (Fsp3) is 0.250. The van der Waals surface area contributed by atoms with Gasteiger partial charge < -0.3 is 30.5 Å². The summed E-state index contributed by atoms with van der Waals surface area (Å²) < 4.78 is 5.59. The smallest absolute Gasteiger partial charge is 0.335 e. The lowest BCUT2D eigenvalue weighted by Gasteiger charge is -2.09. The molecule has 1 heterocycles.